The number of ether oxygens (including phenoxy) is 3. The van der Waals surface area contributed by atoms with Crippen molar-refractivity contribution >= 4 is 39.1 Å². The van der Waals surface area contributed by atoms with Crippen molar-refractivity contribution in [3.05, 3.63) is 111 Å². The molecule has 0 saturated carbocycles. The predicted molar refractivity (Wildman–Crippen MR) is 212 cm³/mol. The van der Waals surface area contributed by atoms with Crippen LogP contribution in [-0.2, 0) is 32.5 Å². The molecule has 1 fully saturated rings. The molecule has 5 rings (SSSR count). The van der Waals surface area contributed by atoms with Gasteiger partial charge in [0.15, 0.2) is 4.90 Å². The molecule has 1 saturated heterocycles. The number of rotatable bonds is 16. The van der Waals surface area contributed by atoms with Crippen molar-refractivity contribution in [1.29, 1.82) is 0 Å². The summed E-state index contributed by atoms with van der Waals surface area (Å²) in [5.41, 5.74) is 2.35. The Balaban J connectivity index is 1.56. The van der Waals surface area contributed by atoms with E-state index in [2.05, 4.69) is 0 Å². The summed E-state index contributed by atoms with van der Waals surface area (Å²) in [7, 11) is -4.66. The molecule has 0 unspecified atom stereocenters. The fourth-order valence-corrected chi connectivity index (χ4v) is 9.42. The Hall–Kier alpha value is -4.66. The van der Waals surface area contributed by atoms with Gasteiger partial charge in [-0.1, -0.05) is 24.3 Å². The minimum Gasteiger partial charge on any atom is -0.491 e. The number of halogens is 1. The summed E-state index contributed by atoms with van der Waals surface area (Å²) in [6, 6.07) is 17.9. The highest BCUT2D eigenvalue weighted by molar-refractivity contribution is 7.99. The number of hydrogen-bond acceptors (Lipinski definition) is 10. The monoisotopic (exact) mass is 794 g/mol. The number of nitrogens with zero attached hydrogens (tertiary/aromatic N) is 2. The van der Waals surface area contributed by atoms with Crippen LogP contribution in [-0.4, -0.2) is 60.8 Å². The number of nitro groups is 1. The maximum Gasteiger partial charge on any atom is 0.306 e. The van der Waals surface area contributed by atoms with E-state index in [0.29, 0.717) is 35.5 Å². The van der Waals surface area contributed by atoms with Crippen LogP contribution in [0.4, 0.5) is 15.8 Å². The first-order valence-corrected chi connectivity index (χ1v) is 20.8. The average Bonchev–Trinajstić information content (AvgIpc) is 3.13. The van der Waals surface area contributed by atoms with Crippen molar-refractivity contribution < 1.29 is 41.8 Å². The number of sulfonamides is 1. The molecule has 1 aliphatic heterocycles. The van der Waals surface area contributed by atoms with Gasteiger partial charge >= 0.3 is 5.97 Å². The number of carbonyl (C=O) groups excluding carboxylic acids is 1. The first kappa shape index (κ1) is 41.5. The molecule has 0 aromatic heterocycles. The van der Waals surface area contributed by atoms with Crippen LogP contribution in [0.2, 0.25) is 0 Å². The van der Waals surface area contributed by atoms with E-state index in [1.54, 1.807) is 19.1 Å². The van der Waals surface area contributed by atoms with E-state index < -0.39 is 42.9 Å². The van der Waals surface area contributed by atoms with E-state index in [0.717, 1.165) is 50.7 Å². The van der Waals surface area contributed by atoms with E-state index in [9.17, 15) is 28.4 Å². The number of carbonyl (C=O) groups is 1. The highest BCUT2D eigenvalue weighted by Crippen LogP contribution is 2.40. The van der Waals surface area contributed by atoms with Crippen LogP contribution in [0.1, 0.15) is 62.3 Å². The quantitative estimate of drug-likeness (QED) is 0.0668. The minimum absolute atomic E-state index is 0.0328. The summed E-state index contributed by atoms with van der Waals surface area (Å²) in [6.45, 7) is 9.39. The number of hydrogen-bond donors (Lipinski definition) is 1. The molecule has 1 heterocycles. The summed E-state index contributed by atoms with van der Waals surface area (Å²) in [5, 5.41) is 23.0. The van der Waals surface area contributed by atoms with Crippen molar-refractivity contribution in [2.75, 3.05) is 29.0 Å². The zero-order valence-electron chi connectivity index (χ0n) is 31.7. The van der Waals surface area contributed by atoms with Gasteiger partial charge in [-0.25, -0.2) is 12.8 Å². The lowest BCUT2D eigenvalue weighted by molar-refractivity contribution is -0.387. The van der Waals surface area contributed by atoms with Gasteiger partial charge in [0.1, 0.15) is 29.5 Å². The number of anilines is 1. The van der Waals surface area contributed by atoms with Crippen LogP contribution in [0.15, 0.2) is 77.7 Å². The van der Waals surface area contributed by atoms with E-state index in [1.165, 1.54) is 24.3 Å². The lowest BCUT2D eigenvalue weighted by Gasteiger charge is -2.31. The Morgan fingerprint density at radius 3 is 2.36 bits per heavy atom. The summed E-state index contributed by atoms with van der Waals surface area (Å²) in [4.78, 5) is 22.6. The Labute approximate surface area is 326 Å². The van der Waals surface area contributed by atoms with Crippen molar-refractivity contribution in [1.82, 2.24) is 0 Å². The van der Waals surface area contributed by atoms with Gasteiger partial charge in [0.25, 0.3) is 15.7 Å². The molecule has 0 radical (unpaired) electrons. The summed E-state index contributed by atoms with van der Waals surface area (Å²) in [5.74, 6) is 1.69. The zero-order valence-corrected chi connectivity index (χ0v) is 33.3. The first-order chi connectivity index (χ1) is 26.1. The third kappa shape index (κ3) is 10.2. The molecule has 14 heteroatoms. The molecule has 0 bridgehead atoms. The third-order valence-corrected chi connectivity index (χ3v) is 12.1. The summed E-state index contributed by atoms with van der Waals surface area (Å²) < 4.78 is 62.7. The highest BCUT2D eigenvalue weighted by atomic mass is 32.2. The summed E-state index contributed by atoms with van der Waals surface area (Å²) >= 11 is 1.82. The van der Waals surface area contributed by atoms with Crippen LogP contribution < -0.4 is 13.8 Å². The second-order valence-corrected chi connectivity index (χ2v) is 16.9. The Bertz CT molecular complexity index is 2110. The Morgan fingerprint density at radius 2 is 1.73 bits per heavy atom. The van der Waals surface area contributed by atoms with Crippen LogP contribution >= 0.6 is 11.8 Å². The molecular formula is C41H47FN2O9S2. The average molecular weight is 795 g/mol. The second kappa shape index (κ2) is 17.9. The van der Waals surface area contributed by atoms with Gasteiger partial charge in [0, 0.05) is 18.1 Å². The number of nitro benzene ring substituents is 1. The van der Waals surface area contributed by atoms with E-state index in [1.807, 2.05) is 57.7 Å². The maximum absolute atomic E-state index is 15.6. The topological polar surface area (TPSA) is 146 Å². The van der Waals surface area contributed by atoms with Gasteiger partial charge in [-0.15, -0.1) is 0 Å². The molecule has 1 aliphatic rings. The molecule has 4 aromatic carbocycles. The van der Waals surface area contributed by atoms with Gasteiger partial charge in [0.05, 0.1) is 29.9 Å². The number of esters is 1. The van der Waals surface area contributed by atoms with Gasteiger partial charge < -0.3 is 19.3 Å². The van der Waals surface area contributed by atoms with E-state index in [-0.39, 0.29) is 50.0 Å². The number of benzene rings is 4. The van der Waals surface area contributed by atoms with E-state index >= 15 is 4.39 Å². The van der Waals surface area contributed by atoms with Gasteiger partial charge in [-0.3, -0.25) is 19.2 Å². The van der Waals surface area contributed by atoms with Gasteiger partial charge in [-0.2, -0.15) is 11.8 Å². The lowest BCUT2D eigenvalue weighted by atomic mass is 9.93. The first-order valence-electron chi connectivity index (χ1n) is 18.2. The highest BCUT2D eigenvalue weighted by Gasteiger charge is 2.33. The molecule has 294 valence electrons. The van der Waals surface area contributed by atoms with Gasteiger partial charge in [0.2, 0.25) is 0 Å². The van der Waals surface area contributed by atoms with Crippen molar-refractivity contribution in [2.45, 2.75) is 83.4 Å². The van der Waals surface area contributed by atoms with Crippen molar-refractivity contribution in [3.8, 4) is 22.6 Å². The van der Waals surface area contributed by atoms with Crippen LogP contribution in [0.25, 0.3) is 11.1 Å². The number of para-hydroxylation sites is 1. The Kier molecular flexibility index (Phi) is 13.5. The standard InChI is InChI=1S/C41H47FN2O9S2/c1-6-51-39(45)16-13-31-12-14-32(24-35(31)42)43(55(49,50)38-10-8-7-9-36(38)44(47)48)25-30-11-15-37(53-27(2)3)34(23-30)40-28(4)21-33(22-29(40)5)52-26-41(46)17-19-54-20-18-41/h7-12,14-15,21-24,27,46H,6,13,16-20,25-26H2,1-5H3. The maximum atomic E-state index is 15.6. The largest absolute Gasteiger partial charge is 0.491 e. The third-order valence-electron chi connectivity index (χ3n) is 9.30. The molecule has 4 aromatic rings. The lowest BCUT2D eigenvalue weighted by Crippen LogP contribution is -2.39. The number of thioether (sulfide) groups is 1. The Morgan fingerprint density at radius 1 is 1.04 bits per heavy atom. The van der Waals surface area contributed by atoms with Crippen molar-refractivity contribution in [2.24, 2.45) is 0 Å². The van der Waals surface area contributed by atoms with Crippen LogP contribution in [0, 0.1) is 29.8 Å². The number of aryl methyl sites for hydroxylation is 3. The molecule has 0 aliphatic carbocycles. The SMILES string of the molecule is CCOC(=O)CCc1ccc(N(Cc2ccc(OC(C)C)c(-c3c(C)cc(OCC4(O)CCSCC4)cc3C)c2)S(=O)(=O)c2ccccc2[N+](=O)[O-])cc1F. The normalized spacial score (nSPS) is 14.0. The zero-order chi connectivity index (χ0) is 39.9. The molecule has 55 heavy (non-hydrogen) atoms. The van der Waals surface area contributed by atoms with Crippen LogP contribution in [0.3, 0.4) is 0 Å². The van der Waals surface area contributed by atoms with Crippen LogP contribution in [0.5, 0.6) is 11.5 Å². The summed E-state index contributed by atoms with van der Waals surface area (Å²) in [6.07, 6.45) is 1.09. The molecular weight excluding hydrogens is 748 g/mol. The fraction of sp³-hybridized carbons (Fsp3) is 0.390. The fourth-order valence-electron chi connectivity index (χ4n) is 6.56. The van der Waals surface area contributed by atoms with Crippen molar-refractivity contribution in [3.63, 3.8) is 0 Å². The molecule has 0 atom stereocenters. The molecule has 0 spiro atoms. The molecule has 1 N–H and O–H groups in total. The molecule has 0 amide bonds. The van der Waals surface area contributed by atoms with Gasteiger partial charge in [-0.05, 0) is 136 Å². The second-order valence-electron chi connectivity index (χ2n) is 13.9. The van der Waals surface area contributed by atoms with E-state index in [4.69, 9.17) is 14.2 Å². The predicted octanol–water partition coefficient (Wildman–Crippen LogP) is 8.33. The minimum atomic E-state index is -4.66. The molecule has 11 nitrogen and oxygen atoms in total. The number of aliphatic hydroxyl groups is 1. The smallest absolute Gasteiger partial charge is 0.306 e.